The van der Waals surface area contributed by atoms with E-state index < -0.39 is 0 Å². The Morgan fingerprint density at radius 2 is 2.28 bits per heavy atom. The van der Waals surface area contributed by atoms with Gasteiger partial charge in [-0.15, -0.1) is 0 Å². The number of hydrogen-bond acceptors (Lipinski definition) is 2. The number of halogens is 1. The molecule has 1 heterocycles. The zero-order valence-electron chi connectivity index (χ0n) is 11.1. The van der Waals surface area contributed by atoms with E-state index in [0.29, 0.717) is 6.04 Å². The molecule has 0 aromatic heterocycles. The first kappa shape index (κ1) is 13.4. The van der Waals surface area contributed by atoms with Crippen LogP contribution in [0.3, 0.4) is 0 Å². The van der Waals surface area contributed by atoms with Crippen LogP contribution in [0.15, 0.2) is 35.4 Å². The molecule has 0 spiro atoms. The average Bonchev–Trinajstić information content (AvgIpc) is 2.41. The number of rotatable bonds is 4. The first-order chi connectivity index (χ1) is 8.76. The van der Waals surface area contributed by atoms with Crippen molar-refractivity contribution in [2.24, 2.45) is 0 Å². The van der Waals surface area contributed by atoms with Gasteiger partial charge in [-0.1, -0.05) is 36.7 Å². The van der Waals surface area contributed by atoms with Crippen molar-refractivity contribution >= 4 is 17.3 Å². The fourth-order valence-electron chi connectivity index (χ4n) is 2.59. The van der Waals surface area contributed by atoms with Crippen LogP contribution in [0.25, 0.3) is 0 Å². The van der Waals surface area contributed by atoms with E-state index in [0.717, 1.165) is 26.1 Å². The highest BCUT2D eigenvalue weighted by Gasteiger charge is 2.23. The van der Waals surface area contributed by atoms with Crippen LogP contribution in [-0.4, -0.2) is 19.6 Å². The Bertz CT molecular complexity index is 428. The van der Waals surface area contributed by atoms with Crippen LogP contribution in [0.4, 0.5) is 5.69 Å². The molecule has 0 saturated carbocycles. The van der Waals surface area contributed by atoms with E-state index in [1.54, 1.807) is 5.54 Å². The van der Waals surface area contributed by atoms with Crippen molar-refractivity contribution in [1.29, 1.82) is 0 Å². The second-order valence-electron chi connectivity index (χ2n) is 4.83. The van der Waals surface area contributed by atoms with Gasteiger partial charge in [-0.25, -0.2) is 0 Å². The molecule has 1 unspecified atom stereocenters. The summed E-state index contributed by atoms with van der Waals surface area (Å²) in [5, 5.41) is 3.56. The van der Waals surface area contributed by atoms with Crippen LogP contribution in [0.1, 0.15) is 31.9 Å². The molecule has 1 aliphatic rings. The molecular formula is C15H21ClN2. The van der Waals surface area contributed by atoms with Gasteiger partial charge >= 0.3 is 0 Å². The Morgan fingerprint density at radius 3 is 3.00 bits per heavy atom. The van der Waals surface area contributed by atoms with E-state index in [-0.39, 0.29) is 0 Å². The molecule has 0 saturated heterocycles. The van der Waals surface area contributed by atoms with Gasteiger partial charge in [-0.05, 0) is 37.1 Å². The number of benzene rings is 1. The average molecular weight is 265 g/mol. The van der Waals surface area contributed by atoms with Gasteiger partial charge in [-0.2, -0.15) is 0 Å². The Balaban J connectivity index is 2.24. The smallest absolute Gasteiger partial charge is 0.0417 e. The number of hydrogen-bond donors (Lipinski definition) is 1. The summed E-state index contributed by atoms with van der Waals surface area (Å²) >= 11 is 5.78. The quantitative estimate of drug-likeness (QED) is 0.892. The summed E-state index contributed by atoms with van der Waals surface area (Å²) in [6, 6.07) is 9.16. The Hall–Kier alpha value is -0.990. The van der Waals surface area contributed by atoms with Gasteiger partial charge in [0.2, 0.25) is 0 Å². The Morgan fingerprint density at radius 1 is 1.50 bits per heavy atom. The van der Waals surface area contributed by atoms with Gasteiger partial charge in [0.25, 0.3) is 0 Å². The molecule has 1 aromatic rings. The van der Waals surface area contributed by atoms with Crippen molar-refractivity contribution in [2.75, 3.05) is 24.5 Å². The summed E-state index contributed by atoms with van der Waals surface area (Å²) < 4.78 is 0. The highest BCUT2D eigenvalue weighted by atomic mass is 35.5. The highest BCUT2D eigenvalue weighted by molar-refractivity contribution is 6.25. The standard InChI is InChI=1S/C15H21ClN2/c1-3-17-14-8-9-18(11-12(2)10-16)15-7-5-4-6-13(14)15/h4-7,10,14,17H,3,8-9,11H2,1-2H3/b12-10+. The van der Waals surface area contributed by atoms with Crippen LogP contribution in [-0.2, 0) is 0 Å². The normalized spacial score (nSPS) is 19.8. The molecule has 1 atom stereocenters. The lowest BCUT2D eigenvalue weighted by Crippen LogP contribution is -2.36. The van der Waals surface area contributed by atoms with Crippen LogP contribution < -0.4 is 10.2 Å². The first-order valence-electron chi connectivity index (χ1n) is 6.59. The molecule has 0 radical (unpaired) electrons. The van der Waals surface area contributed by atoms with Gasteiger partial charge in [0.15, 0.2) is 0 Å². The second kappa shape index (κ2) is 6.26. The molecule has 0 fully saturated rings. The predicted molar refractivity (Wildman–Crippen MR) is 79.3 cm³/mol. The molecule has 0 bridgehead atoms. The summed E-state index contributed by atoms with van der Waals surface area (Å²) in [4.78, 5) is 2.41. The Kier molecular flexibility index (Phi) is 4.67. The van der Waals surface area contributed by atoms with Gasteiger partial charge < -0.3 is 10.2 Å². The van der Waals surface area contributed by atoms with Crippen molar-refractivity contribution in [2.45, 2.75) is 26.3 Å². The number of fused-ring (bicyclic) bond motifs is 1. The lowest BCUT2D eigenvalue weighted by atomic mass is 9.96. The van der Waals surface area contributed by atoms with Gasteiger partial charge in [-0.3, -0.25) is 0 Å². The lowest BCUT2D eigenvalue weighted by molar-refractivity contribution is 0.494. The molecule has 0 amide bonds. The van der Waals surface area contributed by atoms with Crippen LogP contribution in [0.2, 0.25) is 0 Å². The third-order valence-corrected chi connectivity index (χ3v) is 3.79. The van der Waals surface area contributed by atoms with Crippen molar-refractivity contribution in [1.82, 2.24) is 5.32 Å². The molecule has 1 aromatic carbocycles. The van der Waals surface area contributed by atoms with E-state index >= 15 is 0 Å². The van der Waals surface area contributed by atoms with Crippen LogP contribution in [0, 0.1) is 0 Å². The van der Waals surface area contributed by atoms with E-state index in [2.05, 4.69) is 48.3 Å². The molecule has 18 heavy (non-hydrogen) atoms. The lowest BCUT2D eigenvalue weighted by Gasteiger charge is -2.36. The van der Waals surface area contributed by atoms with E-state index in [1.165, 1.54) is 16.8 Å². The minimum Gasteiger partial charge on any atom is -0.367 e. The van der Waals surface area contributed by atoms with Crippen molar-refractivity contribution in [3.63, 3.8) is 0 Å². The molecule has 2 rings (SSSR count). The zero-order chi connectivity index (χ0) is 13.0. The SMILES string of the molecule is CCNC1CCN(C/C(C)=C/Cl)c2ccccc21. The third-order valence-electron chi connectivity index (χ3n) is 3.42. The first-order valence-corrected chi connectivity index (χ1v) is 7.03. The highest BCUT2D eigenvalue weighted by Crippen LogP contribution is 2.33. The van der Waals surface area contributed by atoms with Gasteiger partial charge in [0.1, 0.15) is 0 Å². The predicted octanol–water partition coefficient (Wildman–Crippen LogP) is 3.69. The second-order valence-corrected chi connectivity index (χ2v) is 5.05. The molecule has 0 aliphatic carbocycles. The molecular weight excluding hydrogens is 244 g/mol. The minimum atomic E-state index is 0.489. The van der Waals surface area contributed by atoms with E-state index in [9.17, 15) is 0 Å². The van der Waals surface area contributed by atoms with Crippen LogP contribution >= 0.6 is 11.6 Å². The zero-order valence-corrected chi connectivity index (χ0v) is 11.9. The number of para-hydroxylation sites is 1. The van der Waals surface area contributed by atoms with Crippen molar-refractivity contribution < 1.29 is 0 Å². The van der Waals surface area contributed by atoms with E-state index in [1.807, 2.05) is 0 Å². The largest absolute Gasteiger partial charge is 0.367 e. The summed E-state index contributed by atoms with van der Waals surface area (Å²) in [5.41, 5.74) is 5.63. The van der Waals surface area contributed by atoms with Crippen LogP contribution in [0.5, 0.6) is 0 Å². The van der Waals surface area contributed by atoms with E-state index in [4.69, 9.17) is 11.6 Å². The number of anilines is 1. The summed E-state index contributed by atoms with van der Waals surface area (Å²) in [6.07, 6.45) is 1.15. The summed E-state index contributed by atoms with van der Waals surface area (Å²) in [7, 11) is 0. The maximum Gasteiger partial charge on any atom is 0.0417 e. The molecule has 98 valence electrons. The number of nitrogens with one attached hydrogen (secondary N) is 1. The van der Waals surface area contributed by atoms with Crippen molar-refractivity contribution in [3.05, 3.63) is 40.9 Å². The molecule has 1 N–H and O–H groups in total. The maximum absolute atomic E-state index is 5.78. The maximum atomic E-state index is 5.78. The minimum absolute atomic E-state index is 0.489. The topological polar surface area (TPSA) is 15.3 Å². The molecule has 2 nitrogen and oxygen atoms in total. The molecule has 3 heteroatoms. The number of nitrogens with zero attached hydrogens (tertiary/aromatic N) is 1. The van der Waals surface area contributed by atoms with Gasteiger partial charge in [0, 0.05) is 30.4 Å². The molecule has 1 aliphatic heterocycles. The summed E-state index contributed by atoms with van der Waals surface area (Å²) in [5.74, 6) is 0. The monoisotopic (exact) mass is 264 g/mol. The fraction of sp³-hybridized carbons (Fsp3) is 0.467. The van der Waals surface area contributed by atoms with Gasteiger partial charge in [0.05, 0.1) is 0 Å². The fourth-order valence-corrected chi connectivity index (χ4v) is 2.66. The van der Waals surface area contributed by atoms with Crippen molar-refractivity contribution in [3.8, 4) is 0 Å². The summed E-state index contributed by atoms with van der Waals surface area (Å²) in [6.45, 7) is 7.25. The Labute approximate surface area is 115 Å². The third kappa shape index (κ3) is 2.88.